The zero-order chi connectivity index (χ0) is 22.2. The molecule has 0 radical (unpaired) electrons. The van der Waals surface area contributed by atoms with Crippen molar-refractivity contribution >= 4 is 29.4 Å². The van der Waals surface area contributed by atoms with Crippen LogP contribution >= 0.6 is 0 Å². The Morgan fingerprint density at radius 3 is 2.48 bits per heavy atom. The third kappa shape index (κ3) is 6.46. The first-order chi connectivity index (χ1) is 14.9. The second-order valence-electron chi connectivity index (χ2n) is 6.86. The predicted octanol–water partition coefficient (Wildman–Crippen LogP) is 3.11. The van der Waals surface area contributed by atoms with E-state index in [1.807, 2.05) is 30.3 Å². The van der Waals surface area contributed by atoms with Gasteiger partial charge in [0.2, 0.25) is 11.7 Å². The lowest BCUT2D eigenvalue weighted by atomic mass is 10.1. The van der Waals surface area contributed by atoms with Crippen LogP contribution in [0.1, 0.15) is 35.5 Å². The van der Waals surface area contributed by atoms with E-state index in [0.717, 1.165) is 5.56 Å². The summed E-state index contributed by atoms with van der Waals surface area (Å²) in [5.74, 6) is -1.20. The average Bonchev–Trinajstić information content (AvgIpc) is 3.20. The summed E-state index contributed by atoms with van der Waals surface area (Å²) >= 11 is 0. The summed E-state index contributed by atoms with van der Waals surface area (Å²) in [7, 11) is 0. The molecule has 31 heavy (non-hydrogen) atoms. The van der Waals surface area contributed by atoms with Crippen LogP contribution in [0, 0.1) is 0 Å². The molecule has 1 heterocycles. The largest absolute Gasteiger partial charge is 0.451 e. The van der Waals surface area contributed by atoms with Crippen LogP contribution in [0.4, 0.5) is 5.69 Å². The number of hydrogen-bond acceptors (Lipinski definition) is 6. The van der Waals surface area contributed by atoms with Crippen molar-refractivity contribution in [3.8, 4) is 0 Å². The third-order valence-electron chi connectivity index (χ3n) is 4.29. The molecule has 0 saturated carbocycles. The summed E-state index contributed by atoms with van der Waals surface area (Å²) in [5, 5.41) is 10.6. The van der Waals surface area contributed by atoms with Crippen LogP contribution in [0.25, 0.3) is 6.08 Å². The minimum Gasteiger partial charge on any atom is -0.451 e. The van der Waals surface area contributed by atoms with E-state index in [9.17, 15) is 14.4 Å². The number of amides is 1. The Labute approximate surface area is 179 Å². The van der Waals surface area contributed by atoms with E-state index in [4.69, 9.17) is 4.74 Å². The van der Waals surface area contributed by atoms with Crippen LogP contribution in [0.2, 0.25) is 0 Å². The average molecular weight is 418 g/mol. The molecule has 0 aliphatic carbocycles. The molecule has 1 amide bonds. The lowest BCUT2D eigenvalue weighted by Crippen LogP contribution is -2.23. The van der Waals surface area contributed by atoms with Crippen LogP contribution in [-0.2, 0) is 20.9 Å². The highest BCUT2D eigenvalue weighted by atomic mass is 16.5. The smallest absolute Gasteiger partial charge is 0.331 e. The monoisotopic (exact) mass is 418 g/mol. The number of nitrogens with zero attached hydrogens (tertiary/aromatic N) is 3. The summed E-state index contributed by atoms with van der Waals surface area (Å²) in [5.41, 5.74) is 2.54. The Morgan fingerprint density at radius 1 is 1.10 bits per heavy atom. The first-order valence-electron chi connectivity index (χ1n) is 9.65. The summed E-state index contributed by atoms with van der Waals surface area (Å²) in [6.45, 7) is 3.47. The number of ether oxygens (including phenoxy) is 1. The molecule has 1 aromatic heterocycles. The van der Waals surface area contributed by atoms with Gasteiger partial charge < -0.3 is 10.1 Å². The van der Waals surface area contributed by atoms with Crippen molar-refractivity contribution in [2.75, 3.05) is 5.32 Å². The number of benzene rings is 2. The van der Waals surface area contributed by atoms with Crippen molar-refractivity contribution in [2.24, 2.45) is 0 Å². The van der Waals surface area contributed by atoms with Gasteiger partial charge in [-0.1, -0.05) is 35.5 Å². The summed E-state index contributed by atoms with van der Waals surface area (Å²) < 4.78 is 6.85. The molecule has 0 aliphatic heterocycles. The molecular formula is C23H22N4O4. The normalized spacial score (nSPS) is 11.8. The van der Waals surface area contributed by atoms with Crippen molar-refractivity contribution in [3.05, 3.63) is 83.7 Å². The number of anilines is 1. The number of hydrogen-bond donors (Lipinski definition) is 1. The fraction of sp³-hybridized carbons (Fsp3) is 0.174. The van der Waals surface area contributed by atoms with E-state index in [-0.39, 0.29) is 11.7 Å². The molecule has 8 nitrogen and oxygen atoms in total. The number of ketones is 1. The molecule has 0 aliphatic rings. The molecule has 8 heteroatoms. The predicted molar refractivity (Wildman–Crippen MR) is 115 cm³/mol. The van der Waals surface area contributed by atoms with Gasteiger partial charge in [0, 0.05) is 24.3 Å². The zero-order valence-corrected chi connectivity index (χ0v) is 17.2. The Hall–Kier alpha value is -4.07. The number of Topliss-reactive ketones (excluding diaryl/α,β-unsaturated/α-hetero) is 1. The van der Waals surface area contributed by atoms with Gasteiger partial charge >= 0.3 is 5.97 Å². The molecule has 0 fully saturated rings. The van der Waals surface area contributed by atoms with Gasteiger partial charge in [-0.05, 0) is 42.8 Å². The highest BCUT2D eigenvalue weighted by Gasteiger charge is 2.18. The van der Waals surface area contributed by atoms with Crippen LogP contribution in [0.15, 0.2) is 66.9 Å². The molecule has 1 N–H and O–H groups in total. The van der Waals surface area contributed by atoms with Crippen molar-refractivity contribution in [2.45, 2.75) is 26.5 Å². The van der Waals surface area contributed by atoms with Crippen molar-refractivity contribution in [1.82, 2.24) is 15.0 Å². The van der Waals surface area contributed by atoms with E-state index in [1.165, 1.54) is 26.0 Å². The van der Waals surface area contributed by atoms with Gasteiger partial charge in [-0.3, -0.25) is 9.59 Å². The number of esters is 1. The maximum atomic E-state index is 12.5. The second kappa shape index (κ2) is 10.1. The van der Waals surface area contributed by atoms with Gasteiger partial charge in [0.15, 0.2) is 6.10 Å². The maximum absolute atomic E-state index is 12.5. The number of rotatable bonds is 8. The maximum Gasteiger partial charge on any atom is 0.331 e. The molecule has 1 atom stereocenters. The Morgan fingerprint density at radius 2 is 1.81 bits per heavy atom. The summed E-state index contributed by atoms with van der Waals surface area (Å²) in [6, 6.07) is 16.2. The number of carbonyl (C=O) groups excluding carboxylic acids is 3. The third-order valence-corrected chi connectivity index (χ3v) is 4.29. The Balaban J connectivity index is 1.53. The first-order valence-corrected chi connectivity index (χ1v) is 9.65. The number of nitrogens with one attached hydrogen (secondary N) is 1. The van der Waals surface area contributed by atoms with E-state index >= 15 is 0 Å². The highest BCUT2D eigenvalue weighted by Crippen LogP contribution is 2.13. The fourth-order valence-corrected chi connectivity index (χ4v) is 2.81. The van der Waals surface area contributed by atoms with Crippen molar-refractivity contribution < 1.29 is 19.1 Å². The molecule has 0 saturated heterocycles. The Bertz CT molecular complexity index is 1090. The SMILES string of the molecule is CC(=O)Nc1ccc(C(=O)[C@H](C)OC(=O)/C=C/c2cn(Cc3ccccc3)nn2)cc1. The lowest BCUT2D eigenvalue weighted by molar-refractivity contribution is -0.140. The van der Waals surface area contributed by atoms with Gasteiger partial charge in [-0.2, -0.15) is 0 Å². The molecule has 158 valence electrons. The van der Waals surface area contributed by atoms with Crippen LogP contribution < -0.4 is 5.32 Å². The molecular weight excluding hydrogens is 396 g/mol. The lowest BCUT2D eigenvalue weighted by Gasteiger charge is -2.11. The van der Waals surface area contributed by atoms with Crippen molar-refractivity contribution in [3.63, 3.8) is 0 Å². The van der Waals surface area contributed by atoms with Crippen LogP contribution in [0.5, 0.6) is 0 Å². The van der Waals surface area contributed by atoms with Crippen LogP contribution in [-0.4, -0.2) is 38.8 Å². The first kappa shape index (κ1) is 21.6. The van der Waals surface area contributed by atoms with Crippen LogP contribution in [0.3, 0.4) is 0 Å². The molecule has 2 aromatic carbocycles. The van der Waals surface area contributed by atoms with Gasteiger partial charge in [0.05, 0.1) is 12.7 Å². The second-order valence-corrected chi connectivity index (χ2v) is 6.86. The number of carbonyl (C=O) groups is 3. The minimum atomic E-state index is -0.961. The quantitative estimate of drug-likeness (QED) is 0.343. The molecule has 0 unspecified atom stereocenters. The van der Waals surface area contributed by atoms with E-state index in [2.05, 4.69) is 15.6 Å². The highest BCUT2D eigenvalue weighted by molar-refractivity contribution is 6.01. The van der Waals surface area contributed by atoms with E-state index in [1.54, 1.807) is 35.1 Å². The Kier molecular flexibility index (Phi) is 7.05. The summed E-state index contributed by atoms with van der Waals surface area (Å²) in [4.78, 5) is 35.6. The zero-order valence-electron chi connectivity index (χ0n) is 17.2. The molecule has 0 spiro atoms. The van der Waals surface area contributed by atoms with Gasteiger partial charge in [0.25, 0.3) is 0 Å². The van der Waals surface area contributed by atoms with E-state index < -0.39 is 12.1 Å². The van der Waals surface area contributed by atoms with Gasteiger partial charge in [0.1, 0.15) is 5.69 Å². The topological polar surface area (TPSA) is 103 Å². The molecule has 0 bridgehead atoms. The van der Waals surface area contributed by atoms with Gasteiger partial charge in [-0.15, -0.1) is 5.10 Å². The fourth-order valence-electron chi connectivity index (χ4n) is 2.81. The number of aromatic nitrogens is 3. The molecule has 3 rings (SSSR count). The van der Waals surface area contributed by atoms with Crippen molar-refractivity contribution in [1.29, 1.82) is 0 Å². The minimum absolute atomic E-state index is 0.201. The van der Waals surface area contributed by atoms with E-state index in [0.29, 0.717) is 23.5 Å². The standard InChI is InChI=1S/C23H22N4O4/c1-16(23(30)19-8-10-20(11-9-19)24-17(2)28)31-22(29)13-12-21-15-27(26-25-21)14-18-6-4-3-5-7-18/h3-13,15-16H,14H2,1-2H3,(H,24,28)/b13-12+/t16-/m0/s1. The molecule has 3 aromatic rings. The summed E-state index contributed by atoms with van der Waals surface area (Å²) in [6.07, 6.45) is 3.44. The van der Waals surface area contributed by atoms with Gasteiger partial charge in [-0.25, -0.2) is 9.48 Å².